The quantitative estimate of drug-likeness (QED) is 0.779. The molecule has 2 rings (SSSR count). The lowest BCUT2D eigenvalue weighted by Gasteiger charge is -2.36. The second-order valence-electron chi connectivity index (χ2n) is 9.04. The van der Waals surface area contributed by atoms with Crippen molar-refractivity contribution >= 4 is 12.0 Å². The van der Waals surface area contributed by atoms with Crippen LogP contribution in [0, 0.1) is 0 Å². The first-order valence-corrected chi connectivity index (χ1v) is 9.81. The van der Waals surface area contributed by atoms with Gasteiger partial charge in [-0.2, -0.15) is 0 Å². The minimum absolute atomic E-state index is 0.113. The minimum atomic E-state index is -2.35. The number of nitrogens with one attached hydrogen (secondary N) is 1. The van der Waals surface area contributed by atoms with E-state index in [0.717, 1.165) is 0 Å². The SMILES string of the molecule is C[C@@H]1OC(C)(C)N(C(=O)OC(C)(C)C)[C@H]1C(=O)NC1CCN(CC(F)F)CC1. The third-order valence-electron chi connectivity index (χ3n) is 4.97. The zero-order valence-corrected chi connectivity index (χ0v) is 17.6. The Hall–Kier alpha value is -1.48. The molecule has 2 amide bonds. The van der Waals surface area contributed by atoms with Crippen molar-refractivity contribution in [2.45, 2.75) is 90.3 Å². The average Bonchev–Trinajstić information content (AvgIpc) is 2.75. The molecular formula is C19H33F2N3O4. The maximum absolute atomic E-state index is 13.0. The molecule has 0 bridgehead atoms. The van der Waals surface area contributed by atoms with Crippen molar-refractivity contribution in [1.82, 2.24) is 15.1 Å². The number of ether oxygens (including phenoxy) is 2. The van der Waals surface area contributed by atoms with Crippen LogP contribution in [0.2, 0.25) is 0 Å². The molecule has 0 saturated carbocycles. The van der Waals surface area contributed by atoms with Gasteiger partial charge in [-0.3, -0.25) is 14.6 Å². The number of rotatable bonds is 4. The lowest BCUT2D eigenvalue weighted by Crippen LogP contribution is -2.57. The number of carbonyl (C=O) groups is 2. The maximum Gasteiger partial charge on any atom is 0.413 e. The van der Waals surface area contributed by atoms with Crippen LogP contribution in [0.25, 0.3) is 0 Å². The Bertz CT molecular complexity index is 572. The van der Waals surface area contributed by atoms with Crippen LogP contribution in [0.15, 0.2) is 0 Å². The van der Waals surface area contributed by atoms with Gasteiger partial charge in [0.05, 0.1) is 12.6 Å². The van der Waals surface area contributed by atoms with Crippen LogP contribution in [-0.4, -0.2) is 77.4 Å². The van der Waals surface area contributed by atoms with E-state index < -0.39 is 36.0 Å². The fourth-order valence-corrected chi connectivity index (χ4v) is 3.84. The highest BCUT2D eigenvalue weighted by Gasteiger charge is 2.53. The molecule has 0 spiro atoms. The highest BCUT2D eigenvalue weighted by Crippen LogP contribution is 2.34. The van der Waals surface area contributed by atoms with Gasteiger partial charge < -0.3 is 14.8 Å². The predicted octanol–water partition coefficient (Wildman–Crippen LogP) is 2.59. The molecule has 0 aromatic heterocycles. The average molecular weight is 405 g/mol. The highest BCUT2D eigenvalue weighted by molar-refractivity contribution is 5.87. The number of hydrogen-bond acceptors (Lipinski definition) is 5. The Morgan fingerprint density at radius 1 is 1.25 bits per heavy atom. The molecular weight excluding hydrogens is 372 g/mol. The summed E-state index contributed by atoms with van der Waals surface area (Å²) in [5, 5.41) is 2.97. The molecule has 162 valence electrons. The number of piperidine rings is 1. The molecule has 1 N–H and O–H groups in total. The number of alkyl halides is 2. The van der Waals surface area contributed by atoms with Gasteiger partial charge in [0.15, 0.2) is 0 Å². The van der Waals surface area contributed by atoms with Gasteiger partial charge in [-0.15, -0.1) is 0 Å². The Labute approximate surface area is 165 Å². The molecule has 9 heteroatoms. The first-order chi connectivity index (χ1) is 12.8. The van der Waals surface area contributed by atoms with E-state index in [1.807, 2.05) is 0 Å². The summed E-state index contributed by atoms with van der Waals surface area (Å²) in [6.45, 7) is 11.3. The minimum Gasteiger partial charge on any atom is -0.444 e. The van der Waals surface area contributed by atoms with E-state index in [9.17, 15) is 18.4 Å². The number of carbonyl (C=O) groups excluding carboxylic acids is 2. The third-order valence-corrected chi connectivity index (χ3v) is 4.97. The van der Waals surface area contributed by atoms with Crippen LogP contribution in [0.5, 0.6) is 0 Å². The van der Waals surface area contributed by atoms with Gasteiger partial charge in [-0.05, 0) is 54.4 Å². The fraction of sp³-hybridized carbons (Fsp3) is 0.895. The summed E-state index contributed by atoms with van der Waals surface area (Å²) in [5.41, 5.74) is -1.68. The Balaban J connectivity index is 2.03. The van der Waals surface area contributed by atoms with Crippen LogP contribution in [0.3, 0.4) is 0 Å². The zero-order valence-electron chi connectivity index (χ0n) is 17.6. The van der Waals surface area contributed by atoms with Crippen molar-refractivity contribution in [3.05, 3.63) is 0 Å². The van der Waals surface area contributed by atoms with Crippen molar-refractivity contribution in [1.29, 1.82) is 0 Å². The monoisotopic (exact) mass is 405 g/mol. The largest absolute Gasteiger partial charge is 0.444 e. The molecule has 0 unspecified atom stereocenters. The molecule has 2 saturated heterocycles. The van der Waals surface area contributed by atoms with Crippen LogP contribution in [0.1, 0.15) is 54.4 Å². The predicted molar refractivity (Wildman–Crippen MR) is 100 cm³/mol. The summed E-state index contributed by atoms with van der Waals surface area (Å²) >= 11 is 0. The number of hydrogen-bond donors (Lipinski definition) is 1. The molecule has 7 nitrogen and oxygen atoms in total. The van der Waals surface area contributed by atoms with Crippen molar-refractivity contribution in [2.75, 3.05) is 19.6 Å². The second-order valence-corrected chi connectivity index (χ2v) is 9.04. The van der Waals surface area contributed by atoms with Crippen molar-refractivity contribution in [2.24, 2.45) is 0 Å². The van der Waals surface area contributed by atoms with E-state index in [1.165, 1.54) is 4.90 Å². The smallest absolute Gasteiger partial charge is 0.413 e. The zero-order chi connectivity index (χ0) is 21.3. The molecule has 2 atom stereocenters. The number of halogens is 2. The fourth-order valence-electron chi connectivity index (χ4n) is 3.84. The Kier molecular flexibility index (Phi) is 6.91. The lowest BCUT2D eigenvalue weighted by molar-refractivity contribution is -0.128. The van der Waals surface area contributed by atoms with E-state index in [4.69, 9.17) is 9.47 Å². The molecule has 28 heavy (non-hydrogen) atoms. The molecule has 0 aliphatic carbocycles. The first-order valence-electron chi connectivity index (χ1n) is 9.81. The van der Waals surface area contributed by atoms with E-state index in [0.29, 0.717) is 25.9 Å². The van der Waals surface area contributed by atoms with Crippen LogP contribution in [0.4, 0.5) is 13.6 Å². The van der Waals surface area contributed by atoms with Gasteiger partial charge >= 0.3 is 6.09 Å². The molecule has 2 aliphatic heterocycles. The summed E-state index contributed by atoms with van der Waals surface area (Å²) in [7, 11) is 0. The summed E-state index contributed by atoms with van der Waals surface area (Å²) in [5.74, 6) is -0.309. The molecule has 0 aromatic rings. The summed E-state index contributed by atoms with van der Waals surface area (Å²) in [4.78, 5) is 28.8. The first kappa shape index (κ1) is 22.8. The van der Waals surface area contributed by atoms with Crippen LogP contribution >= 0.6 is 0 Å². The topological polar surface area (TPSA) is 71.1 Å². The van der Waals surface area contributed by atoms with Gasteiger partial charge in [0.2, 0.25) is 5.91 Å². The molecule has 0 radical (unpaired) electrons. The Morgan fingerprint density at radius 3 is 2.32 bits per heavy atom. The summed E-state index contributed by atoms with van der Waals surface area (Å²) in [6.07, 6.45) is -2.27. The molecule has 2 heterocycles. The summed E-state index contributed by atoms with van der Waals surface area (Å²) < 4.78 is 36.3. The maximum atomic E-state index is 13.0. The van der Waals surface area contributed by atoms with E-state index in [-0.39, 0.29) is 18.5 Å². The Morgan fingerprint density at radius 2 is 1.82 bits per heavy atom. The van der Waals surface area contributed by atoms with Gasteiger partial charge in [-0.1, -0.05) is 0 Å². The van der Waals surface area contributed by atoms with Crippen LogP contribution in [-0.2, 0) is 14.3 Å². The second kappa shape index (κ2) is 8.49. The van der Waals surface area contributed by atoms with Crippen molar-refractivity contribution < 1.29 is 27.8 Å². The van der Waals surface area contributed by atoms with Crippen molar-refractivity contribution in [3.8, 4) is 0 Å². The molecule has 2 fully saturated rings. The van der Waals surface area contributed by atoms with E-state index in [1.54, 1.807) is 46.4 Å². The third kappa shape index (κ3) is 5.76. The highest BCUT2D eigenvalue weighted by atomic mass is 19.3. The van der Waals surface area contributed by atoms with Gasteiger partial charge in [0.1, 0.15) is 17.4 Å². The number of amides is 2. The van der Waals surface area contributed by atoms with Crippen molar-refractivity contribution in [3.63, 3.8) is 0 Å². The molecule has 2 aliphatic rings. The normalized spacial score (nSPS) is 26.5. The van der Waals surface area contributed by atoms with Gasteiger partial charge in [0.25, 0.3) is 6.43 Å². The van der Waals surface area contributed by atoms with Gasteiger partial charge in [-0.25, -0.2) is 13.6 Å². The standard InChI is InChI=1S/C19H33F2N3O4/c1-12-15(24(19(5,6)27-12)17(26)28-18(2,3)4)16(25)22-13-7-9-23(10-8-13)11-14(20)21/h12-15H,7-11H2,1-6H3,(H,22,25)/t12-,15+/m0/s1. The summed E-state index contributed by atoms with van der Waals surface area (Å²) in [6, 6.07) is -0.929. The van der Waals surface area contributed by atoms with E-state index in [2.05, 4.69) is 5.32 Å². The van der Waals surface area contributed by atoms with Gasteiger partial charge in [0, 0.05) is 19.1 Å². The lowest BCUT2D eigenvalue weighted by atomic mass is 10.0. The van der Waals surface area contributed by atoms with E-state index >= 15 is 0 Å². The molecule has 0 aromatic carbocycles. The van der Waals surface area contributed by atoms with Crippen LogP contribution < -0.4 is 5.32 Å². The number of likely N-dealkylation sites (tertiary alicyclic amines) is 1. The number of nitrogens with zero attached hydrogens (tertiary/aromatic N) is 2.